The summed E-state index contributed by atoms with van der Waals surface area (Å²) in [6.45, 7) is 7.09. The molecule has 0 saturated carbocycles. The number of anilines is 2. The lowest BCUT2D eigenvalue weighted by Gasteiger charge is -2.22. The predicted molar refractivity (Wildman–Crippen MR) is 86.8 cm³/mol. The van der Waals surface area contributed by atoms with Gasteiger partial charge in [-0.15, -0.1) is 0 Å². The summed E-state index contributed by atoms with van der Waals surface area (Å²) < 4.78 is 0. The van der Waals surface area contributed by atoms with Crippen LogP contribution in [0.15, 0.2) is 36.9 Å². The van der Waals surface area contributed by atoms with Gasteiger partial charge in [0.05, 0.1) is 0 Å². The number of hydrogen-bond acceptors (Lipinski definition) is 5. The van der Waals surface area contributed by atoms with Crippen molar-refractivity contribution < 1.29 is 0 Å². The van der Waals surface area contributed by atoms with Crippen molar-refractivity contribution in [2.24, 2.45) is 0 Å². The van der Waals surface area contributed by atoms with Gasteiger partial charge in [-0.2, -0.15) is 0 Å². The number of likely N-dealkylation sites (N-methyl/N-ethyl adjacent to an activating group) is 1. The third-order valence-corrected chi connectivity index (χ3v) is 3.60. The van der Waals surface area contributed by atoms with Gasteiger partial charge < -0.3 is 9.80 Å². The Morgan fingerprint density at radius 1 is 1.00 bits per heavy atom. The summed E-state index contributed by atoms with van der Waals surface area (Å²) in [6.07, 6.45) is 6.28. The predicted octanol–water partition coefficient (Wildman–Crippen LogP) is 2.40. The van der Waals surface area contributed by atoms with Crippen LogP contribution in [0.3, 0.4) is 0 Å². The highest BCUT2D eigenvalue weighted by Gasteiger charge is 2.08. The van der Waals surface area contributed by atoms with Crippen molar-refractivity contribution in [1.29, 1.82) is 0 Å². The standard InChI is InChI=1S/C16H23N5/c1-4-21(5-2)16-12-15(18-13-19-16)20(3)11-8-14-6-9-17-10-7-14/h6-7,9-10,12-13H,4-5,8,11H2,1-3H3. The van der Waals surface area contributed by atoms with E-state index in [9.17, 15) is 0 Å². The van der Waals surface area contributed by atoms with Gasteiger partial charge in [-0.3, -0.25) is 4.98 Å². The van der Waals surface area contributed by atoms with E-state index in [1.165, 1.54) is 5.56 Å². The molecule has 2 heterocycles. The molecule has 0 N–H and O–H groups in total. The minimum Gasteiger partial charge on any atom is -0.359 e. The van der Waals surface area contributed by atoms with Gasteiger partial charge in [-0.1, -0.05) is 0 Å². The van der Waals surface area contributed by atoms with E-state index in [0.29, 0.717) is 0 Å². The minimum absolute atomic E-state index is 0.915. The number of hydrogen-bond donors (Lipinski definition) is 0. The Hall–Kier alpha value is -2.17. The summed E-state index contributed by atoms with van der Waals surface area (Å²) in [4.78, 5) is 17.2. The summed E-state index contributed by atoms with van der Waals surface area (Å²) in [5.74, 6) is 1.95. The Morgan fingerprint density at radius 2 is 1.67 bits per heavy atom. The fourth-order valence-corrected chi connectivity index (χ4v) is 2.23. The van der Waals surface area contributed by atoms with E-state index in [2.05, 4.69) is 63.8 Å². The summed E-state index contributed by atoms with van der Waals surface area (Å²) in [6, 6.07) is 6.16. The van der Waals surface area contributed by atoms with E-state index >= 15 is 0 Å². The fraction of sp³-hybridized carbons (Fsp3) is 0.438. The van der Waals surface area contributed by atoms with Gasteiger partial charge in [-0.25, -0.2) is 9.97 Å². The molecule has 112 valence electrons. The molecule has 0 radical (unpaired) electrons. The van der Waals surface area contributed by atoms with Crippen molar-refractivity contribution in [2.45, 2.75) is 20.3 Å². The average Bonchev–Trinajstić information content (AvgIpc) is 2.55. The topological polar surface area (TPSA) is 45.2 Å². The molecule has 2 aromatic heterocycles. The van der Waals surface area contributed by atoms with Crippen molar-refractivity contribution >= 4 is 11.6 Å². The molecule has 0 unspecified atom stereocenters. The molecule has 5 heteroatoms. The van der Waals surface area contributed by atoms with Crippen molar-refractivity contribution in [3.05, 3.63) is 42.5 Å². The highest BCUT2D eigenvalue weighted by molar-refractivity contribution is 5.49. The van der Waals surface area contributed by atoms with Crippen molar-refractivity contribution in [3.63, 3.8) is 0 Å². The molecule has 0 aromatic carbocycles. The largest absolute Gasteiger partial charge is 0.359 e. The van der Waals surface area contributed by atoms with Crippen LogP contribution in [0, 0.1) is 0 Å². The zero-order chi connectivity index (χ0) is 15.1. The average molecular weight is 285 g/mol. The van der Waals surface area contributed by atoms with Crippen LogP contribution < -0.4 is 9.80 Å². The van der Waals surface area contributed by atoms with Crippen LogP contribution >= 0.6 is 0 Å². The molecule has 5 nitrogen and oxygen atoms in total. The zero-order valence-corrected chi connectivity index (χ0v) is 13.0. The Morgan fingerprint density at radius 3 is 2.33 bits per heavy atom. The lowest BCUT2D eigenvalue weighted by atomic mass is 10.2. The highest BCUT2D eigenvalue weighted by Crippen LogP contribution is 2.16. The lowest BCUT2D eigenvalue weighted by molar-refractivity contribution is 0.825. The normalized spacial score (nSPS) is 10.4. The maximum atomic E-state index is 4.38. The summed E-state index contributed by atoms with van der Waals surface area (Å²) >= 11 is 0. The second-order valence-electron chi connectivity index (χ2n) is 4.93. The van der Waals surface area contributed by atoms with Gasteiger partial charge in [0.2, 0.25) is 0 Å². The Bertz CT molecular complexity index is 539. The van der Waals surface area contributed by atoms with Gasteiger partial charge in [0, 0.05) is 45.1 Å². The SMILES string of the molecule is CCN(CC)c1cc(N(C)CCc2ccncc2)ncn1. The number of pyridine rings is 1. The van der Waals surface area contributed by atoms with E-state index in [1.54, 1.807) is 6.33 Å². The van der Waals surface area contributed by atoms with Crippen LogP contribution in [-0.4, -0.2) is 41.6 Å². The quantitative estimate of drug-likeness (QED) is 0.781. The first-order valence-corrected chi connectivity index (χ1v) is 7.41. The van der Waals surface area contributed by atoms with E-state index in [1.807, 2.05) is 12.4 Å². The Labute approximate surface area is 126 Å². The van der Waals surface area contributed by atoms with Crippen molar-refractivity contribution in [2.75, 3.05) is 36.5 Å². The smallest absolute Gasteiger partial charge is 0.134 e. The van der Waals surface area contributed by atoms with Gasteiger partial charge in [0.25, 0.3) is 0 Å². The van der Waals surface area contributed by atoms with Crippen LogP contribution in [0.5, 0.6) is 0 Å². The molecule has 0 saturated heterocycles. The maximum absolute atomic E-state index is 4.38. The van der Waals surface area contributed by atoms with Crippen LogP contribution in [0.1, 0.15) is 19.4 Å². The van der Waals surface area contributed by atoms with Gasteiger partial charge in [-0.05, 0) is 38.0 Å². The molecule has 0 aliphatic carbocycles. The molecular weight excluding hydrogens is 262 g/mol. The highest BCUT2D eigenvalue weighted by atomic mass is 15.2. The van der Waals surface area contributed by atoms with Crippen LogP contribution in [0.4, 0.5) is 11.6 Å². The molecule has 0 fully saturated rings. The van der Waals surface area contributed by atoms with Crippen molar-refractivity contribution in [1.82, 2.24) is 15.0 Å². The van der Waals surface area contributed by atoms with Crippen LogP contribution in [-0.2, 0) is 6.42 Å². The minimum atomic E-state index is 0.915. The monoisotopic (exact) mass is 285 g/mol. The van der Waals surface area contributed by atoms with E-state index in [0.717, 1.165) is 37.7 Å². The van der Waals surface area contributed by atoms with E-state index in [4.69, 9.17) is 0 Å². The first kappa shape index (κ1) is 15.2. The van der Waals surface area contributed by atoms with Gasteiger partial charge in [0.1, 0.15) is 18.0 Å². The number of rotatable bonds is 7. The molecule has 21 heavy (non-hydrogen) atoms. The lowest BCUT2D eigenvalue weighted by Crippen LogP contribution is -2.25. The summed E-state index contributed by atoms with van der Waals surface area (Å²) in [7, 11) is 2.07. The van der Waals surface area contributed by atoms with E-state index in [-0.39, 0.29) is 0 Å². The summed E-state index contributed by atoms with van der Waals surface area (Å²) in [5.41, 5.74) is 1.29. The third-order valence-electron chi connectivity index (χ3n) is 3.60. The maximum Gasteiger partial charge on any atom is 0.134 e. The second kappa shape index (κ2) is 7.57. The molecule has 0 amide bonds. The van der Waals surface area contributed by atoms with E-state index < -0.39 is 0 Å². The molecule has 2 aromatic rings. The molecule has 2 rings (SSSR count). The molecule has 0 bridgehead atoms. The van der Waals surface area contributed by atoms with Crippen LogP contribution in [0.25, 0.3) is 0 Å². The Balaban J connectivity index is 2.02. The van der Waals surface area contributed by atoms with Crippen LogP contribution in [0.2, 0.25) is 0 Å². The molecular formula is C16H23N5. The first-order valence-electron chi connectivity index (χ1n) is 7.41. The molecule has 0 aliphatic heterocycles. The van der Waals surface area contributed by atoms with Gasteiger partial charge in [0.15, 0.2) is 0 Å². The number of nitrogens with zero attached hydrogens (tertiary/aromatic N) is 5. The first-order chi connectivity index (χ1) is 10.2. The second-order valence-corrected chi connectivity index (χ2v) is 4.93. The molecule has 0 aliphatic rings. The number of aromatic nitrogens is 3. The summed E-state index contributed by atoms with van der Waals surface area (Å²) in [5, 5.41) is 0. The molecule has 0 atom stereocenters. The third kappa shape index (κ3) is 4.15. The van der Waals surface area contributed by atoms with Crippen molar-refractivity contribution in [3.8, 4) is 0 Å². The Kier molecular flexibility index (Phi) is 5.49. The van der Waals surface area contributed by atoms with Gasteiger partial charge >= 0.3 is 0 Å². The zero-order valence-electron chi connectivity index (χ0n) is 13.0. The fourth-order valence-electron chi connectivity index (χ4n) is 2.23. The molecule has 0 spiro atoms.